The van der Waals surface area contributed by atoms with Crippen LogP contribution in [0.1, 0.15) is 28.4 Å². The van der Waals surface area contributed by atoms with Crippen molar-refractivity contribution in [2.45, 2.75) is 20.0 Å². The van der Waals surface area contributed by atoms with Crippen LogP contribution in [0, 0.1) is 0 Å². The highest BCUT2D eigenvalue weighted by Crippen LogP contribution is 2.09. The lowest BCUT2D eigenvalue weighted by atomic mass is 10.1. The molecule has 0 fully saturated rings. The molecular weight excluding hydrogens is 336 g/mol. The second-order valence-corrected chi connectivity index (χ2v) is 5.89. The molecule has 0 saturated carbocycles. The first-order valence-electron chi connectivity index (χ1n) is 8.20. The second-order valence-electron chi connectivity index (χ2n) is 5.45. The molecule has 6 heteroatoms. The van der Waals surface area contributed by atoms with E-state index in [1.54, 1.807) is 19.2 Å². The highest BCUT2D eigenvalue weighted by atomic mass is 35.5. The van der Waals surface area contributed by atoms with Crippen molar-refractivity contribution in [1.29, 1.82) is 0 Å². The minimum absolute atomic E-state index is 0.0898. The van der Waals surface area contributed by atoms with Gasteiger partial charge in [-0.1, -0.05) is 35.9 Å². The molecule has 2 aromatic carbocycles. The summed E-state index contributed by atoms with van der Waals surface area (Å²) in [5.74, 6) is 0.654. The van der Waals surface area contributed by atoms with Crippen LogP contribution >= 0.6 is 11.6 Å². The van der Waals surface area contributed by atoms with E-state index in [2.05, 4.69) is 20.9 Å². The molecule has 0 aliphatic heterocycles. The van der Waals surface area contributed by atoms with E-state index in [0.29, 0.717) is 18.7 Å². The van der Waals surface area contributed by atoms with Gasteiger partial charge < -0.3 is 16.0 Å². The molecule has 5 nitrogen and oxygen atoms in total. The Morgan fingerprint density at radius 3 is 2.24 bits per heavy atom. The zero-order chi connectivity index (χ0) is 18.1. The molecule has 2 rings (SSSR count). The fourth-order valence-electron chi connectivity index (χ4n) is 2.21. The molecule has 0 unspecified atom stereocenters. The minimum atomic E-state index is -0.0898. The number of benzene rings is 2. The molecule has 0 aliphatic carbocycles. The Morgan fingerprint density at radius 1 is 1.00 bits per heavy atom. The van der Waals surface area contributed by atoms with Crippen molar-refractivity contribution in [2.24, 2.45) is 4.99 Å². The summed E-state index contributed by atoms with van der Waals surface area (Å²) < 4.78 is 0. The molecule has 2 aromatic rings. The SMILES string of the molecule is CCNC(=NCc1ccc(C(=O)NC)cc1)NCc1ccc(Cl)cc1. The van der Waals surface area contributed by atoms with Gasteiger partial charge in [-0.2, -0.15) is 0 Å². The lowest BCUT2D eigenvalue weighted by Crippen LogP contribution is -2.36. The van der Waals surface area contributed by atoms with Crippen LogP contribution in [-0.4, -0.2) is 25.5 Å². The van der Waals surface area contributed by atoms with Crippen LogP contribution in [0.25, 0.3) is 0 Å². The van der Waals surface area contributed by atoms with Crippen LogP contribution in [0.3, 0.4) is 0 Å². The summed E-state index contributed by atoms with van der Waals surface area (Å²) in [5.41, 5.74) is 2.81. The molecule has 0 heterocycles. The van der Waals surface area contributed by atoms with Gasteiger partial charge in [0, 0.05) is 30.7 Å². The first-order valence-corrected chi connectivity index (χ1v) is 8.57. The fourth-order valence-corrected chi connectivity index (χ4v) is 2.33. The Morgan fingerprint density at radius 2 is 1.64 bits per heavy atom. The number of rotatable bonds is 6. The van der Waals surface area contributed by atoms with Gasteiger partial charge in [0.25, 0.3) is 5.91 Å². The Balaban J connectivity index is 1.96. The van der Waals surface area contributed by atoms with Crippen LogP contribution in [0.4, 0.5) is 0 Å². The maximum Gasteiger partial charge on any atom is 0.251 e. The predicted octanol–water partition coefficient (Wildman–Crippen LogP) is 2.95. The van der Waals surface area contributed by atoms with Crippen LogP contribution in [0.5, 0.6) is 0 Å². The number of nitrogens with one attached hydrogen (secondary N) is 3. The predicted molar refractivity (Wildman–Crippen MR) is 103 cm³/mol. The van der Waals surface area contributed by atoms with Gasteiger partial charge in [0.05, 0.1) is 6.54 Å². The summed E-state index contributed by atoms with van der Waals surface area (Å²) in [7, 11) is 1.62. The molecule has 0 atom stereocenters. The summed E-state index contributed by atoms with van der Waals surface area (Å²) in [6.45, 7) is 4.00. The summed E-state index contributed by atoms with van der Waals surface area (Å²) >= 11 is 5.90. The number of aliphatic imine (C=N–C) groups is 1. The van der Waals surface area contributed by atoms with E-state index in [-0.39, 0.29) is 5.91 Å². The van der Waals surface area contributed by atoms with E-state index < -0.39 is 0 Å². The molecule has 132 valence electrons. The Bertz CT molecular complexity index is 711. The molecule has 0 aromatic heterocycles. The number of carbonyl (C=O) groups is 1. The van der Waals surface area contributed by atoms with Crippen molar-refractivity contribution in [3.8, 4) is 0 Å². The quantitative estimate of drug-likeness (QED) is 0.549. The third-order valence-electron chi connectivity index (χ3n) is 3.58. The third kappa shape index (κ3) is 6.12. The molecule has 0 bridgehead atoms. The third-order valence-corrected chi connectivity index (χ3v) is 3.83. The molecule has 3 N–H and O–H groups in total. The monoisotopic (exact) mass is 358 g/mol. The van der Waals surface area contributed by atoms with E-state index >= 15 is 0 Å². The molecule has 0 spiro atoms. The average molecular weight is 359 g/mol. The second kappa shape index (κ2) is 9.69. The normalized spacial score (nSPS) is 11.1. The maximum atomic E-state index is 11.6. The molecule has 25 heavy (non-hydrogen) atoms. The highest BCUT2D eigenvalue weighted by Gasteiger charge is 2.03. The van der Waals surface area contributed by atoms with E-state index in [1.165, 1.54) is 0 Å². The molecule has 0 saturated heterocycles. The largest absolute Gasteiger partial charge is 0.357 e. The van der Waals surface area contributed by atoms with Crippen molar-refractivity contribution >= 4 is 23.5 Å². The molecule has 0 radical (unpaired) electrons. The fraction of sp³-hybridized carbons (Fsp3) is 0.263. The highest BCUT2D eigenvalue weighted by molar-refractivity contribution is 6.30. The van der Waals surface area contributed by atoms with E-state index in [0.717, 1.165) is 28.7 Å². The standard InChI is InChI=1S/C19H23ClN4O/c1-3-22-19(24-13-15-6-10-17(20)11-7-15)23-12-14-4-8-16(9-5-14)18(25)21-2/h4-11H,3,12-13H2,1-2H3,(H,21,25)(H2,22,23,24). The number of hydrogen-bond acceptors (Lipinski definition) is 2. The van der Waals surface area contributed by atoms with E-state index in [9.17, 15) is 4.79 Å². The van der Waals surface area contributed by atoms with Crippen molar-refractivity contribution in [2.75, 3.05) is 13.6 Å². The topological polar surface area (TPSA) is 65.5 Å². The van der Waals surface area contributed by atoms with E-state index in [1.807, 2.05) is 43.3 Å². The summed E-state index contributed by atoms with van der Waals surface area (Å²) in [6, 6.07) is 15.1. The summed E-state index contributed by atoms with van der Waals surface area (Å²) in [4.78, 5) is 16.1. The first kappa shape index (κ1) is 18.8. The van der Waals surface area contributed by atoms with Crippen molar-refractivity contribution < 1.29 is 4.79 Å². The van der Waals surface area contributed by atoms with Gasteiger partial charge in [-0.05, 0) is 42.3 Å². The van der Waals surface area contributed by atoms with Crippen LogP contribution in [-0.2, 0) is 13.1 Å². The lowest BCUT2D eigenvalue weighted by molar-refractivity contribution is 0.0963. The summed E-state index contributed by atoms with van der Waals surface area (Å²) in [5, 5.41) is 9.85. The number of carbonyl (C=O) groups excluding carboxylic acids is 1. The lowest BCUT2D eigenvalue weighted by Gasteiger charge is -2.11. The van der Waals surface area contributed by atoms with Gasteiger partial charge >= 0.3 is 0 Å². The van der Waals surface area contributed by atoms with E-state index in [4.69, 9.17) is 11.6 Å². The summed E-state index contributed by atoms with van der Waals surface area (Å²) in [6.07, 6.45) is 0. The Labute approximate surface area is 153 Å². The van der Waals surface area contributed by atoms with Crippen molar-refractivity contribution in [1.82, 2.24) is 16.0 Å². The number of halogens is 1. The van der Waals surface area contributed by atoms with Gasteiger partial charge in [-0.3, -0.25) is 4.79 Å². The number of hydrogen-bond donors (Lipinski definition) is 3. The smallest absolute Gasteiger partial charge is 0.251 e. The Hall–Kier alpha value is -2.53. The minimum Gasteiger partial charge on any atom is -0.357 e. The van der Waals surface area contributed by atoms with Gasteiger partial charge in [-0.25, -0.2) is 4.99 Å². The number of nitrogens with zero attached hydrogens (tertiary/aromatic N) is 1. The van der Waals surface area contributed by atoms with Crippen LogP contribution < -0.4 is 16.0 Å². The maximum absolute atomic E-state index is 11.6. The molecule has 1 amide bonds. The van der Waals surface area contributed by atoms with Crippen LogP contribution in [0.15, 0.2) is 53.5 Å². The zero-order valence-corrected chi connectivity index (χ0v) is 15.2. The van der Waals surface area contributed by atoms with Crippen molar-refractivity contribution in [3.63, 3.8) is 0 Å². The number of guanidine groups is 1. The zero-order valence-electron chi connectivity index (χ0n) is 14.5. The van der Waals surface area contributed by atoms with Gasteiger partial charge in [-0.15, -0.1) is 0 Å². The average Bonchev–Trinajstić information content (AvgIpc) is 2.65. The van der Waals surface area contributed by atoms with Gasteiger partial charge in [0.2, 0.25) is 0 Å². The Kier molecular flexibility index (Phi) is 7.29. The molecule has 0 aliphatic rings. The van der Waals surface area contributed by atoms with Gasteiger partial charge in [0.1, 0.15) is 0 Å². The number of amides is 1. The van der Waals surface area contributed by atoms with Crippen LogP contribution in [0.2, 0.25) is 5.02 Å². The van der Waals surface area contributed by atoms with Crippen molar-refractivity contribution in [3.05, 3.63) is 70.2 Å². The van der Waals surface area contributed by atoms with Gasteiger partial charge in [0.15, 0.2) is 5.96 Å². The first-order chi connectivity index (χ1) is 12.1. The molecular formula is C19H23ClN4O.